The van der Waals surface area contributed by atoms with Gasteiger partial charge in [-0.1, -0.05) is 34.3 Å². The molecule has 0 aromatic rings. The molecule has 102 valence electrons. The van der Waals surface area contributed by atoms with Crippen LogP contribution in [0.4, 0.5) is 0 Å². The van der Waals surface area contributed by atoms with E-state index < -0.39 is 0 Å². The zero-order chi connectivity index (χ0) is 13.3. The number of rotatable bonds is 10. The SMILES string of the molecule is C=C(CNC)CN(CCC(C)C)CCC(C)C. The van der Waals surface area contributed by atoms with Gasteiger partial charge in [0.05, 0.1) is 0 Å². The Balaban J connectivity index is 4.04. The fourth-order valence-corrected chi connectivity index (χ4v) is 1.77. The molecular formula is C15H32N2. The van der Waals surface area contributed by atoms with Crippen LogP contribution < -0.4 is 5.32 Å². The van der Waals surface area contributed by atoms with E-state index in [0.717, 1.165) is 24.9 Å². The van der Waals surface area contributed by atoms with Crippen molar-refractivity contribution in [2.45, 2.75) is 40.5 Å². The normalized spacial score (nSPS) is 11.8. The quantitative estimate of drug-likeness (QED) is 0.590. The van der Waals surface area contributed by atoms with Crippen LogP contribution in [0.1, 0.15) is 40.5 Å². The molecule has 0 unspecified atom stereocenters. The van der Waals surface area contributed by atoms with Gasteiger partial charge in [-0.3, -0.25) is 4.90 Å². The standard InChI is InChI=1S/C15H32N2/c1-13(2)7-9-17(10-8-14(3)4)12-15(5)11-16-6/h13-14,16H,5,7-12H2,1-4,6H3. The van der Waals surface area contributed by atoms with Crippen molar-refractivity contribution in [1.82, 2.24) is 10.2 Å². The third kappa shape index (κ3) is 10.5. The van der Waals surface area contributed by atoms with Crippen LogP contribution in [0.3, 0.4) is 0 Å². The lowest BCUT2D eigenvalue weighted by atomic mass is 10.1. The van der Waals surface area contributed by atoms with Gasteiger partial charge in [-0.25, -0.2) is 0 Å². The Kier molecular flexibility index (Phi) is 9.47. The molecule has 0 saturated heterocycles. The predicted octanol–water partition coefficient (Wildman–Crippen LogP) is 3.16. The Morgan fingerprint density at radius 2 is 1.53 bits per heavy atom. The van der Waals surface area contributed by atoms with Crippen molar-refractivity contribution in [2.24, 2.45) is 11.8 Å². The van der Waals surface area contributed by atoms with Crippen LogP contribution in [-0.4, -0.2) is 38.1 Å². The van der Waals surface area contributed by atoms with Gasteiger partial charge in [-0.2, -0.15) is 0 Å². The molecule has 0 aromatic carbocycles. The Morgan fingerprint density at radius 3 is 1.88 bits per heavy atom. The van der Waals surface area contributed by atoms with Crippen molar-refractivity contribution < 1.29 is 0 Å². The summed E-state index contributed by atoms with van der Waals surface area (Å²) in [5, 5.41) is 3.18. The number of hydrogen-bond donors (Lipinski definition) is 1. The summed E-state index contributed by atoms with van der Waals surface area (Å²) in [7, 11) is 1.98. The molecule has 1 N–H and O–H groups in total. The summed E-state index contributed by atoms with van der Waals surface area (Å²) in [5.41, 5.74) is 1.29. The van der Waals surface area contributed by atoms with Crippen molar-refractivity contribution in [2.75, 3.05) is 33.2 Å². The van der Waals surface area contributed by atoms with Crippen molar-refractivity contribution >= 4 is 0 Å². The third-order valence-corrected chi connectivity index (χ3v) is 2.92. The molecule has 0 aliphatic rings. The summed E-state index contributed by atoms with van der Waals surface area (Å²) in [4.78, 5) is 2.56. The molecule has 0 fully saturated rings. The third-order valence-electron chi connectivity index (χ3n) is 2.92. The van der Waals surface area contributed by atoms with Gasteiger partial charge in [0.25, 0.3) is 0 Å². The minimum Gasteiger partial charge on any atom is -0.316 e. The van der Waals surface area contributed by atoms with Crippen LogP contribution in [0, 0.1) is 11.8 Å². The van der Waals surface area contributed by atoms with Crippen molar-refractivity contribution in [1.29, 1.82) is 0 Å². The van der Waals surface area contributed by atoms with E-state index in [1.807, 2.05) is 7.05 Å². The summed E-state index contributed by atoms with van der Waals surface area (Å²) in [6.45, 7) is 17.7. The largest absolute Gasteiger partial charge is 0.316 e. The van der Waals surface area contributed by atoms with E-state index in [1.165, 1.54) is 31.5 Å². The molecular weight excluding hydrogens is 208 g/mol. The minimum absolute atomic E-state index is 0.786. The van der Waals surface area contributed by atoms with Gasteiger partial charge in [0.1, 0.15) is 0 Å². The molecule has 0 spiro atoms. The molecule has 0 rings (SSSR count). The first kappa shape index (κ1) is 16.7. The van der Waals surface area contributed by atoms with Crippen LogP contribution in [0.2, 0.25) is 0 Å². The maximum atomic E-state index is 4.13. The summed E-state index contributed by atoms with van der Waals surface area (Å²) in [6.07, 6.45) is 2.57. The molecule has 0 aromatic heterocycles. The van der Waals surface area contributed by atoms with Crippen LogP contribution in [-0.2, 0) is 0 Å². The predicted molar refractivity (Wildman–Crippen MR) is 78.4 cm³/mol. The molecule has 0 saturated carbocycles. The topological polar surface area (TPSA) is 15.3 Å². The summed E-state index contributed by atoms with van der Waals surface area (Å²) in [6, 6.07) is 0. The van der Waals surface area contributed by atoms with E-state index in [9.17, 15) is 0 Å². The monoisotopic (exact) mass is 240 g/mol. The molecule has 0 heterocycles. The number of nitrogens with zero attached hydrogens (tertiary/aromatic N) is 1. The average Bonchev–Trinajstić information content (AvgIpc) is 2.22. The van der Waals surface area contributed by atoms with Crippen LogP contribution in [0.25, 0.3) is 0 Å². The van der Waals surface area contributed by atoms with Gasteiger partial charge in [0.2, 0.25) is 0 Å². The highest BCUT2D eigenvalue weighted by molar-refractivity contribution is 4.99. The first-order chi connectivity index (χ1) is 7.95. The first-order valence-electron chi connectivity index (χ1n) is 6.99. The Hall–Kier alpha value is -0.340. The lowest BCUT2D eigenvalue weighted by molar-refractivity contribution is 0.260. The molecule has 2 nitrogen and oxygen atoms in total. The molecule has 0 amide bonds. The van der Waals surface area contributed by atoms with E-state index in [1.54, 1.807) is 0 Å². The average molecular weight is 240 g/mol. The fraction of sp³-hybridized carbons (Fsp3) is 0.867. The molecule has 0 aliphatic heterocycles. The van der Waals surface area contributed by atoms with E-state index >= 15 is 0 Å². The highest BCUT2D eigenvalue weighted by Gasteiger charge is 2.08. The van der Waals surface area contributed by atoms with E-state index in [2.05, 4.69) is 44.5 Å². The molecule has 17 heavy (non-hydrogen) atoms. The van der Waals surface area contributed by atoms with Crippen molar-refractivity contribution in [3.63, 3.8) is 0 Å². The minimum atomic E-state index is 0.786. The van der Waals surface area contributed by atoms with Gasteiger partial charge in [0, 0.05) is 13.1 Å². The molecule has 0 atom stereocenters. The van der Waals surface area contributed by atoms with Crippen LogP contribution in [0.15, 0.2) is 12.2 Å². The number of likely N-dealkylation sites (N-methyl/N-ethyl adjacent to an activating group) is 1. The maximum Gasteiger partial charge on any atom is 0.0202 e. The Labute approximate surface area is 108 Å². The second-order valence-electron chi connectivity index (χ2n) is 5.92. The van der Waals surface area contributed by atoms with Gasteiger partial charge >= 0.3 is 0 Å². The fourth-order valence-electron chi connectivity index (χ4n) is 1.77. The lowest BCUT2D eigenvalue weighted by Gasteiger charge is -2.25. The number of hydrogen-bond acceptors (Lipinski definition) is 2. The lowest BCUT2D eigenvalue weighted by Crippen LogP contribution is -2.31. The van der Waals surface area contributed by atoms with E-state index in [-0.39, 0.29) is 0 Å². The van der Waals surface area contributed by atoms with Crippen LogP contribution in [0.5, 0.6) is 0 Å². The van der Waals surface area contributed by atoms with Crippen molar-refractivity contribution in [3.8, 4) is 0 Å². The van der Waals surface area contributed by atoms with Gasteiger partial charge in [0.15, 0.2) is 0 Å². The summed E-state index contributed by atoms with van der Waals surface area (Å²) in [5.74, 6) is 1.57. The second kappa shape index (κ2) is 9.67. The smallest absolute Gasteiger partial charge is 0.0202 e. The number of nitrogens with one attached hydrogen (secondary N) is 1. The molecule has 0 bridgehead atoms. The summed E-state index contributed by atoms with van der Waals surface area (Å²) < 4.78 is 0. The van der Waals surface area contributed by atoms with Gasteiger partial charge in [-0.05, 0) is 50.4 Å². The second-order valence-corrected chi connectivity index (χ2v) is 5.92. The molecule has 0 radical (unpaired) electrons. The zero-order valence-corrected chi connectivity index (χ0v) is 12.6. The Morgan fingerprint density at radius 1 is 1.06 bits per heavy atom. The maximum absolute atomic E-state index is 4.13. The van der Waals surface area contributed by atoms with Gasteiger partial charge in [-0.15, -0.1) is 0 Å². The zero-order valence-electron chi connectivity index (χ0n) is 12.6. The van der Waals surface area contributed by atoms with E-state index in [4.69, 9.17) is 0 Å². The Bertz CT molecular complexity index is 185. The highest BCUT2D eigenvalue weighted by Crippen LogP contribution is 2.08. The van der Waals surface area contributed by atoms with Gasteiger partial charge < -0.3 is 5.32 Å². The van der Waals surface area contributed by atoms with E-state index in [0.29, 0.717) is 0 Å². The van der Waals surface area contributed by atoms with Crippen molar-refractivity contribution in [3.05, 3.63) is 12.2 Å². The summed E-state index contributed by atoms with van der Waals surface area (Å²) >= 11 is 0. The highest BCUT2D eigenvalue weighted by atomic mass is 15.1. The molecule has 0 aliphatic carbocycles. The first-order valence-corrected chi connectivity index (χ1v) is 6.99. The molecule has 2 heteroatoms. The van der Waals surface area contributed by atoms with Crippen LogP contribution >= 0.6 is 0 Å².